The number of carbonyl (C=O) groups excluding carboxylic acids is 2. The van der Waals surface area contributed by atoms with Crippen molar-refractivity contribution in [2.24, 2.45) is 21.7 Å². The molecule has 0 aliphatic carbocycles. The Bertz CT molecular complexity index is 713. The molecular weight excluding hydrogens is 480 g/mol. The summed E-state index contributed by atoms with van der Waals surface area (Å²) in [6, 6.07) is 0. The molecule has 0 bridgehead atoms. The number of carbonyl (C=O) groups is 2. The van der Waals surface area contributed by atoms with Crippen molar-refractivity contribution in [3.05, 3.63) is 0 Å². The molecule has 37 heavy (non-hydrogen) atoms. The van der Waals surface area contributed by atoms with Crippen LogP contribution in [0.2, 0.25) is 0 Å². The van der Waals surface area contributed by atoms with Crippen molar-refractivity contribution >= 4 is 23.6 Å². The molecule has 0 aliphatic heterocycles. The van der Waals surface area contributed by atoms with E-state index in [1.807, 2.05) is 39.5 Å². The second-order valence-corrected chi connectivity index (χ2v) is 17.2. The first-order chi connectivity index (χ1) is 16.4. The van der Waals surface area contributed by atoms with Crippen molar-refractivity contribution in [3.63, 3.8) is 0 Å². The van der Waals surface area contributed by atoms with E-state index in [0.717, 1.165) is 37.2 Å². The van der Waals surface area contributed by atoms with Crippen molar-refractivity contribution in [1.82, 2.24) is 10.6 Å². The van der Waals surface area contributed by atoms with E-state index in [1.54, 1.807) is 0 Å². The third kappa shape index (κ3) is 19.0. The molecule has 6 heteroatoms. The van der Waals surface area contributed by atoms with Crippen LogP contribution in [0, 0.1) is 21.7 Å². The molecule has 0 heterocycles. The van der Waals surface area contributed by atoms with Gasteiger partial charge in [0.25, 0.3) is 0 Å². The summed E-state index contributed by atoms with van der Waals surface area (Å²) < 4.78 is 6.18. The lowest BCUT2D eigenvalue weighted by Gasteiger charge is -2.38. The van der Waals surface area contributed by atoms with Crippen LogP contribution in [0.25, 0.3) is 0 Å². The predicted octanol–water partition coefficient (Wildman–Crippen LogP) is 7.62. The first kappa shape index (κ1) is 36.2. The third-order valence-corrected chi connectivity index (χ3v) is 7.83. The van der Waals surface area contributed by atoms with E-state index in [-0.39, 0.29) is 39.2 Å². The molecule has 0 aliphatic rings. The Kier molecular flexibility index (Phi) is 13.8. The van der Waals surface area contributed by atoms with Gasteiger partial charge in [0.15, 0.2) is 0 Å². The van der Waals surface area contributed by atoms with Gasteiger partial charge in [-0.2, -0.15) is 11.8 Å². The van der Waals surface area contributed by atoms with Crippen LogP contribution in [-0.4, -0.2) is 47.6 Å². The fourth-order valence-electron chi connectivity index (χ4n) is 5.19. The molecular formula is C31H62N2O3S. The van der Waals surface area contributed by atoms with E-state index in [2.05, 4.69) is 79.9 Å². The minimum absolute atomic E-state index is 0.0922. The van der Waals surface area contributed by atoms with Gasteiger partial charge in [0.2, 0.25) is 11.8 Å². The lowest BCUT2D eigenvalue weighted by atomic mass is 9.68. The number of hydrogen-bond acceptors (Lipinski definition) is 4. The van der Waals surface area contributed by atoms with Gasteiger partial charge in [0, 0.05) is 36.3 Å². The molecule has 0 atom stereocenters. The highest BCUT2D eigenvalue weighted by Gasteiger charge is 2.36. The van der Waals surface area contributed by atoms with E-state index in [9.17, 15) is 9.59 Å². The maximum atomic E-state index is 13.0. The molecule has 0 fully saturated rings. The Morgan fingerprint density at radius 3 is 1.84 bits per heavy atom. The minimum atomic E-state index is -0.423. The predicted molar refractivity (Wildman–Crippen MR) is 162 cm³/mol. The molecule has 0 spiro atoms. The zero-order chi connectivity index (χ0) is 29.3. The van der Waals surface area contributed by atoms with Crippen LogP contribution in [0.3, 0.4) is 0 Å². The molecule has 0 aromatic rings. The van der Waals surface area contributed by atoms with Crippen molar-refractivity contribution in [3.8, 4) is 0 Å². The highest BCUT2D eigenvalue weighted by molar-refractivity contribution is 7.99. The largest absolute Gasteiger partial charge is 0.375 e. The second-order valence-electron chi connectivity index (χ2n) is 16.1. The molecule has 2 N–H and O–H groups in total. The van der Waals surface area contributed by atoms with Crippen LogP contribution in [0.15, 0.2) is 0 Å². The van der Waals surface area contributed by atoms with Gasteiger partial charge in [-0.15, -0.1) is 0 Å². The average molecular weight is 543 g/mol. The van der Waals surface area contributed by atoms with Gasteiger partial charge in [-0.1, -0.05) is 69.2 Å². The van der Waals surface area contributed by atoms with E-state index in [1.165, 1.54) is 0 Å². The van der Waals surface area contributed by atoms with Crippen LogP contribution in [0.5, 0.6) is 0 Å². The van der Waals surface area contributed by atoms with Gasteiger partial charge in [-0.3, -0.25) is 9.59 Å². The zero-order valence-corrected chi connectivity index (χ0v) is 27.8. The molecule has 2 amide bonds. The number of rotatable bonds is 16. The third-order valence-electron chi connectivity index (χ3n) is 6.26. The van der Waals surface area contributed by atoms with Crippen molar-refractivity contribution in [2.45, 2.75) is 140 Å². The lowest BCUT2D eigenvalue weighted by molar-refractivity contribution is -0.131. The SMILES string of the molecule is CC(C)(C)CSCCC(=O)NC(C)(C)CCOC(C)(C)CCNC(=O)C(C)(C)CC(C)(C)CC(C)(C)C. The molecule has 0 saturated carbocycles. The Labute approximate surface area is 234 Å². The minimum Gasteiger partial charge on any atom is -0.375 e. The summed E-state index contributed by atoms with van der Waals surface area (Å²) >= 11 is 1.84. The zero-order valence-electron chi connectivity index (χ0n) is 27.0. The smallest absolute Gasteiger partial charge is 0.225 e. The summed E-state index contributed by atoms with van der Waals surface area (Å²) in [7, 11) is 0. The average Bonchev–Trinajstić information content (AvgIpc) is 2.60. The molecule has 0 aromatic heterocycles. The van der Waals surface area contributed by atoms with Crippen molar-refractivity contribution < 1.29 is 14.3 Å². The van der Waals surface area contributed by atoms with Gasteiger partial charge < -0.3 is 15.4 Å². The van der Waals surface area contributed by atoms with E-state index >= 15 is 0 Å². The summed E-state index contributed by atoms with van der Waals surface area (Å²) in [5.74, 6) is 2.11. The Morgan fingerprint density at radius 2 is 1.32 bits per heavy atom. The van der Waals surface area contributed by atoms with Crippen LogP contribution in [-0.2, 0) is 14.3 Å². The molecule has 220 valence electrons. The maximum absolute atomic E-state index is 13.0. The monoisotopic (exact) mass is 542 g/mol. The second kappa shape index (κ2) is 14.1. The Balaban J connectivity index is 4.47. The van der Waals surface area contributed by atoms with Crippen molar-refractivity contribution in [1.29, 1.82) is 0 Å². The van der Waals surface area contributed by atoms with Gasteiger partial charge in [0.05, 0.1) is 5.60 Å². The molecule has 5 nitrogen and oxygen atoms in total. The number of nitrogens with one attached hydrogen (secondary N) is 2. The highest BCUT2D eigenvalue weighted by Crippen LogP contribution is 2.41. The Morgan fingerprint density at radius 1 is 0.757 bits per heavy atom. The molecule has 0 rings (SSSR count). The van der Waals surface area contributed by atoms with Gasteiger partial charge >= 0.3 is 0 Å². The van der Waals surface area contributed by atoms with Crippen LogP contribution in [0.4, 0.5) is 0 Å². The first-order valence-corrected chi connectivity index (χ1v) is 15.3. The Hall–Kier alpha value is -0.750. The fraction of sp³-hybridized carbons (Fsp3) is 0.935. The van der Waals surface area contributed by atoms with E-state index in [0.29, 0.717) is 19.6 Å². The quantitative estimate of drug-likeness (QED) is 0.197. The standard InChI is InChI=1S/C31H62N2O3S/c1-26(2,3)21-28(7,8)22-29(9,10)25(35)32-18-16-31(13,14)36-19-17-30(11,12)33-24(34)15-20-37-23-27(4,5)6/h15-23H2,1-14H3,(H,32,35)(H,33,34). The van der Waals surface area contributed by atoms with E-state index < -0.39 is 5.41 Å². The van der Waals surface area contributed by atoms with Gasteiger partial charge in [0.1, 0.15) is 0 Å². The van der Waals surface area contributed by atoms with E-state index in [4.69, 9.17) is 4.74 Å². The topological polar surface area (TPSA) is 67.4 Å². The maximum Gasteiger partial charge on any atom is 0.225 e. The highest BCUT2D eigenvalue weighted by atomic mass is 32.2. The van der Waals surface area contributed by atoms with Crippen molar-refractivity contribution in [2.75, 3.05) is 24.7 Å². The molecule has 0 saturated heterocycles. The fourth-order valence-corrected chi connectivity index (χ4v) is 6.28. The van der Waals surface area contributed by atoms with Crippen LogP contribution in [0.1, 0.15) is 129 Å². The lowest BCUT2D eigenvalue weighted by Crippen LogP contribution is -2.45. The number of thioether (sulfide) groups is 1. The molecule has 0 radical (unpaired) electrons. The van der Waals surface area contributed by atoms with Crippen LogP contribution < -0.4 is 10.6 Å². The summed E-state index contributed by atoms with van der Waals surface area (Å²) in [4.78, 5) is 25.4. The molecule has 0 aromatic carbocycles. The summed E-state index contributed by atoms with van der Waals surface area (Å²) in [6.07, 6.45) is 3.93. The normalized spacial score (nSPS) is 14.0. The first-order valence-electron chi connectivity index (χ1n) is 14.2. The summed E-state index contributed by atoms with van der Waals surface area (Å²) in [5.41, 5.74) is -0.485. The van der Waals surface area contributed by atoms with Gasteiger partial charge in [-0.05, 0) is 75.4 Å². The van der Waals surface area contributed by atoms with Crippen LogP contribution >= 0.6 is 11.8 Å². The number of hydrogen-bond donors (Lipinski definition) is 2. The molecule has 0 unspecified atom stereocenters. The summed E-state index contributed by atoms with van der Waals surface area (Å²) in [5, 5.41) is 6.31. The number of amides is 2. The van der Waals surface area contributed by atoms with Gasteiger partial charge in [-0.25, -0.2) is 0 Å². The summed E-state index contributed by atoms with van der Waals surface area (Å²) in [6.45, 7) is 31.4. The number of ether oxygens (including phenoxy) is 1.